The summed E-state index contributed by atoms with van der Waals surface area (Å²) in [4.78, 5) is 10.4. The molecular weight excluding hydrogens is 286 g/mol. The predicted octanol–water partition coefficient (Wildman–Crippen LogP) is 1.37. The Morgan fingerprint density at radius 3 is 3.00 bits per heavy atom. The highest BCUT2D eigenvalue weighted by atomic mass is 32.2. The topological polar surface area (TPSA) is 92.9 Å². The second-order valence-electron chi connectivity index (χ2n) is 3.82. The number of aromatic nitrogens is 4. The van der Waals surface area contributed by atoms with Gasteiger partial charge in [0.25, 0.3) is 0 Å². The lowest BCUT2D eigenvalue weighted by molar-refractivity contribution is -0.133. The quantitative estimate of drug-likeness (QED) is 0.778. The van der Waals surface area contributed by atoms with E-state index >= 15 is 0 Å². The van der Waals surface area contributed by atoms with Crippen molar-refractivity contribution >= 4 is 34.2 Å². The summed E-state index contributed by atoms with van der Waals surface area (Å²) in [6.45, 7) is 2.57. The molecule has 0 amide bonds. The van der Waals surface area contributed by atoms with Crippen LogP contribution in [-0.2, 0) is 18.4 Å². The van der Waals surface area contributed by atoms with E-state index in [0.29, 0.717) is 16.0 Å². The van der Waals surface area contributed by atoms with Gasteiger partial charge in [-0.2, -0.15) is 5.10 Å². The Balaban J connectivity index is 1.89. The van der Waals surface area contributed by atoms with Crippen molar-refractivity contribution in [2.75, 3.05) is 11.1 Å². The fourth-order valence-electron chi connectivity index (χ4n) is 1.46. The van der Waals surface area contributed by atoms with Gasteiger partial charge in [0.15, 0.2) is 4.34 Å². The number of carboxylic acid groups (broad SMARTS) is 1. The molecule has 0 unspecified atom stereocenters. The minimum Gasteiger partial charge on any atom is -0.481 e. The molecule has 0 bridgehead atoms. The predicted molar refractivity (Wildman–Crippen MR) is 73.5 cm³/mol. The molecule has 0 spiro atoms. The third-order valence-electron chi connectivity index (χ3n) is 2.27. The van der Waals surface area contributed by atoms with Crippen molar-refractivity contribution in [2.45, 2.75) is 17.8 Å². The summed E-state index contributed by atoms with van der Waals surface area (Å²) in [5, 5.41) is 24.5. The molecule has 9 heteroatoms. The highest BCUT2D eigenvalue weighted by molar-refractivity contribution is 8.01. The first-order chi connectivity index (χ1) is 9.04. The third-order valence-corrected chi connectivity index (χ3v) is 4.27. The van der Waals surface area contributed by atoms with Gasteiger partial charge < -0.3 is 10.4 Å². The number of thioether (sulfide) groups is 1. The van der Waals surface area contributed by atoms with Crippen molar-refractivity contribution < 1.29 is 9.90 Å². The number of hydrogen-bond donors (Lipinski definition) is 2. The zero-order chi connectivity index (χ0) is 13.8. The highest BCUT2D eigenvalue weighted by Gasteiger charge is 2.08. The van der Waals surface area contributed by atoms with E-state index in [0.717, 1.165) is 11.3 Å². The average molecular weight is 299 g/mol. The molecule has 7 nitrogen and oxygen atoms in total. The maximum absolute atomic E-state index is 10.4. The van der Waals surface area contributed by atoms with Crippen molar-refractivity contribution in [3.63, 3.8) is 0 Å². The van der Waals surface area contributed by atoms with E-state index in [4.69, 9.17) is 5.11 Å². The van der Waals surface area contributed by atoms with Gasteiger partial charge in [0.2, 0.25) is 5.13 Å². The number of rotatable bonds is 6. The summed E-state index contributed by atoms with van der Waals surface area (Å²) < 4.78 is 2.41. The van der Waals surface area contributed by atoms with E-state index in [1.807, 2.05) is 20.2 Å². The van der Waals surface area contributed by atoms with E-state index in [1.54, 1.807) is 4.68 Å². The van der Waals surface area contributed by atoms with Crippen LogP contribution in [0.3, 0.4) is 0 Å². The Morgan fingerprint density at radius 2 is 2.37 bits per heavy atom. The van der Waals surface area contributed by atoms with Crippen LogP contribution in [0, 0.1) is 6.92 Å². The summed E-state index contributed by atoms with van der Waals surface area (Å²) >= 11 is 2.51. The van der Waals surface area contributed by atoms with Crippen LogP contribution in [0.2, 0.25) is 0 Å². The number of carbonyl (C=O) groups is 1. The van der Waals surface area contributed by atoms with Gasteiger partial charge in [-0.25, -0.2) is 0 Å². The van der Waals surface area contributed by atoms with Crippen LogP contribution < -0.4 is 5.32 Å². The summed E-state index contributed by atoms with van der Waals surface area (Å²) in [5.74, 6) is -0.864. The molecule has 0 saturated heterocycles. The Bertz CT molecular complexity index is 580. The van der Waals surface area contributed by atoms with Gasteiger partial charge in [-0.05, 0) is 6.92 Å². The summed E-state index contributed by atoms with van der Waals surface area (Å²) in [6.07, 6.45) is 1.95. The molecule has 2 rings (SSSR count). The molecule has 0 aromatic carbocycles. The van der Waals surface area contributed by atoms with Crippen molar-refractivity contribution in [1.29, 1.82) is 0 Å². The summed E-state index contributed by atoms with van der Waals surface area (Å²) in [7, 11) is 1.88. The van der Waals surface area contributed by atoms with Crippen LogP contribution in [0.15, 0.2) is 10.5 Å². The standard InChI is InChI=1S/C10H13N5O2S2/c1-6-7(4-15(2)14-6)3-11-9-12-13-10(19-9)18-5-8(16)17/h4H,3,5H2,1-2H3,(H,11,12)(H,16,17). The lowest BCUT2D eigenvalue weighted by Gasteiger charge is -1.99. The number of aliphatic carboxylic acids is 1. The molecule has 0 aliphatic carbocycles. The van der Waals surface area contributed by atoms with Crippen LogP contribution in [0.25, 0.3) is 0 Å². The number of nitrogens with one attached hydrogen (secondary N) is 1. The van der Waals surface area contributed by atoms with E-state index in [2.05, 4.69) is 20.6 Å². The highest BCUT2D eigenvalue weighted by Crippen LogP contribution is 2.25. The van der Waals surface area contributed by atoms with Gasteiger partial charge in [-0.15, -0.1) is 10.2 Å². The molecule has 102 valence electrons. The van der Waals surface area contributed by atoms with Crippen LogP contribution in [0.1, 0.15) is 11.3 Å². The lowest BCUT2D eigenvalue weighted by atomic mass is 10.3. The smallest absolute Gasteiger partial charge is 0.313 e. The Kier molecular flexibility index (Phi) is 4.38. The molecule has 2 aromatic heterocycles. The van der Waals surface area contributed by atoms with E-state index in [9.17, 15) is 4.79 Å². The molecule has 2 heterocycles. The van der Waals surface area contributed by atoms with Gasteiger partial charge in [0, 0.05) is 25.4 Å². The molecule has 0 saturated carbocycles. The number of aryl methyl sites for hydroxylation is 2. The first-order valence-electron chi connectivity index (χ1n) is 5.45. The summed E-state index contributed by atoms with van der Waals surface area (Å²) in [6, 6.07) is 0. The second kappa shape index (κ2) is 6.02. The van der Waals surface area contributed by atoms with Crippen molar-refractivity contribution in [1.82, 2.24) is 20.0 Å². The fraction of sp³-hybridized carbons (Fsp3) is 0.400. The zero-order valence-corrected chi connectivity index (χ0v) is 12.1. The van der Waals surface area contributed by atoms with Gasteiger partial charge >= 0.3 is 5.97 Å². The van der Waals surface area contributed by atoms with Gasteiger partial charge in [-0.1, -0.05) is 23.1 Å². The van der Waals surface area contributed by atoms with Crippen LogP contribution >= 0.6 is 23.1 Å². The normalized spacial score (nSPS) is 10.6. The van der Waals surface area contributed by atoms with Gasteiger partial charge in [-0.3, -0.25) is 9.48 Å². The molecule has 0 aliphatic rings. The monoisotopic (exact) mass is 299 g/mol. The number of carboxylic acids is 1. The van der Waals surface area contributed by atoms with E-state index in [1.165, 1.54) is 23.1 Å². The first-order valence-corrected chi connectivity index (χ1v) is 7.26. The van der Waals surface area contributed by atoms with Crippen molar-refractivity contribution in [3.05, 3.63) is 17.5 Å². The zero-order valence-electron chi connectivity index (χ0n) is 10.5. The molecule has 0 radical (unpaired) electrons. The van der Waals surface area contributed by atoms with Crippen molar-refractivity contribution in [2.24, 2.45) is 7.05 Å². The SMILES string of the molecule is Cc1nn(C)cc1CNc1nnc(SCC(=O)O)s1. The van der Waals surface area contributed by atoms with Crippen LogP contribution in [0.4, 0.5) is 5.13 Å². The van der Waals surface area contributed by atoms with Crippen LogP contribution in [0.5, 0.6) is 0 Å². The molecule has 19 heavy (non-hydrogen) atoms. The Labute approximate surface area is 118 Å². The minimum atomic E-state index is -0.860. The molecule has 2 aromatic rings. The lowest BCUT2D eigenvalue weighted by Crippen LogP contribution is -1.99. The second-order valence-corrected chi connectivity index (χ2v) is 6.02. The van der Waals surface area contributed by atoms with E-state index in [-0.39, 0.29) is 5.75 Å². The van der Waals surface area contributed by atoms with Crippen molar-refractivity contribution in [3.8, 4) is 0 Å². The number of nitrogens with zero attached hydrogens (tertiary/aromatic N) is 4. The maximum atomic E-state index is 10.4. The molecule has 2 N–H and O–H groups in total. The maximum Gasteiger partial charge on any atom is 0.313 e. The molecule has 0 fully saturated rings. The number of hydrogen-bond acceptors (Lipinski definition) is 7. The molecule has 0 aliphatic heterocycles. The van der Waals surface area contributed by atoms with Crippen LogP contribution in [-0.4, -0.2) is 36.8 Å². The van der Waals surface area contributed by atoms with Gasteiger partial charge in [0.1, 0.15) is 0 Å². The molecule has 0 atom stereocenters. The van der Waals surface area contributed by atoms with E-state index < -0.39 is 5.97 Å². The fourth-order valence-corrected chi connectivity index (χ4v) is 2.92. The summed E-state index contributed by atoms with van der Waals surface area (Å²) in [5.41, 5.74) is 2.07. The minimum absolute atomic E-state index is 0.00362. The largest absolute Gasteiger partial charge is 0.481 e. The molecular formula is C10H13N5O2S2. The van der Waals surface area contributed by atoms with Gasteiger partial charge in [0.05, 0.1) is 11.4 Å². The average Bonchev–Trinajstić information content (AvgIpc) is 2.91. The first kappa shape index (κ1) is 13.8. The third kappa shape index (κ3) is 3.93. The Morgan fingerprint density at radius 1 is 1.58 bits per heavy atom. The number of anilines is 1. The Hall–Kier alpha value is -1.61.